The van der Waals surface area contributed by atoms with E-state index in [4.69, 9.17) is 14.2 Å². The zero-order valence-corrected chi connectivity index (χ0v) is 31.2. The summed E-state index contributed by atoms with van der Waals surface area (Å²) in [6, 6.07) is 31.8. The van der Waals surface area contributed by atoms with E-state index in [0.29, 0.717) is 34.8 Å². The van der Waals surface area contributed by atoms with Gasteiger partial charge in [0.1, 0.15) is 35.5 Å². The summed E-state index contributed by atoms with van der Waals surface area (Å²) in [5.41, 5.74) is -0.224. The maximum absolute atomic E-state index is 14.5. The number of ether oxygens (including phenoxy) is 3. The van der Waals surface area contributed by atoms with Gasteiger partial charge in [0.05, 0.1) is 5.56 Å². The zero-order valence-electron chi connectivity index (χ0n) is 31.2. The largest absolute Gasteiger partial charge is 0.489 e. The van der Waals surface area contributed by atoms with Gasteiger partial charge in [-0.1, -0.05) is 78.9 Å². The molecular formula is C44H41F3N2O7. The quantitative estimate of drug-likeness (QED) is 0.146. The molecule has 290 valence electrons. The summed E-state index contributed by atoms with van der Waals surface area (Å²) < 4.78 is 57.0. The van der Waals surface area contributed by atoms with Crippen LogP contribution in [-0.2, 0) is 39.1 Å². The molecule has 2 atom stereocenters. The van der Waals surface area contributed by atoms with E-state index in [0.717, 1.165) is 28.8 Å². The monoisotopic (exact) mass is 766 g/mol. The number of para-hydroxylation sites is 2. The molecular weight excluding hydrogens is 725 g/mol. The van der Waals surface area contributed by atoms with Crippen molar-refractivity contribution in [3.05, 3.63) is 149 Å². The maximum Gasteiger partial charge on any atom is 0.416 e. The van der Waals surface area contributed by atoms with Crippen molar-refractivity contribution in [3.8, 4) is 28.4 Å². The Morgan fingerprint density at radius 3 is 2.07 bits per heavy atom. The van der Waals surface area contributed by atoms with Crippen molar-refractivity contribution >= 4 is 18.0 Å². The molecule has 2 amide bonds. The molecule has 0 aliphatic carbocycles. The third-order valence-electron chi connectivity index (χ3n) is 9.34. The molecule has 2 unspecified atom stereocenters. The Balaban J connectivity index is 1.29. The third kappa shape index (κ3) is 8.97. The number of hydrogen-bond acceptors (Lipinski definition) is 6. The molecule has 0 aromatic heterocycles. The van der Waals surface area contributed by atoms with E-state index in [2.05, 4.69) is 5.32 Å². The number of carbonyl (C=O) groups is 3. The first kappa shape index (κ1) is 39.4. The highest BCUT2D eigenvalue weighted by molar-refractivity contribution is 5.93. The van der Waals surface area contributed by atoms with Crippen LogP contribution in [0.1, 0.15) is 61.6 Å². The summed E-state index contributed by atoms with van der Waals surface area (Å²) in [5.74, 6) is -0.560. The number of alkyl halides is 3. The van der Waals surface area contributed by atoms with Gasteiger partial charge in [-0.2, -0.15) is 13.2 Å². The average Bonchev–Trinajstić information content (AvgIpc) is 3.16. The topological polar surface area (TPSA) is 114 Å². The van der Waals surface area contributed by atoms with Gasteiger partial charge >= 0.3 is 18.2 Å². The minimum Gasteiger partial charge on any atom is -0.489 e. The first-order valence-corrected chi connectivity index (χ1v) is 17.9. The van der Waals surface area contributed by atoms with Crippen molar-refractivity contribution in [1.29, 1.82) is 0 Å². The van der Waals surface area contributed by atoms with Gasteiger partial charge in [0, 0.05) is 12.1 Å². The number of rotatable bonds is 10. The first-order chi connectivity index (χ1) is 26.5. The molecule has 12 heteroatoms. The van der Waals surface area contributed by atoms with Crippen molar-refractivity contribution in [1.82, 2.24) is 10.2 Å². The van der Waals surface area contributed by atoms with Gasteiger partial charge in [-0.25, -0.2) is 9.59 Å². The molecule has 6 rings (SSSR count). The highest BCUT2D eigenvalue weighted by atomic mass is 19.4. The van der Waals surface area contributed by atoms with Crippen LogP contribution in [0, 0.1) is 0 Å². The summed E-state index contributed by atoms with van der Waals surface area (Å²) in [7, 11) is 0. The second kappa shape index (κ2) is 15.8. The minimum absolute atomic E-state index is 0.0699. The molecule has 0 spiro atoms. The smallest absolute Gasteiger partial charge is 0.416 e. The Morgan fingerprint density at radius 2 is 1.43 bits per heavy atom. The normalized spacial score (nSPS) is 15.2. The van der Waals surface area contributed by atoms with Crippen molar-refractivity contribution in [2.45, 2.75) is 64.1 Å². The number of aliphatic carboxylic acids is 1. The molecule has 1 aliphatic rings. The van der Waals surface area contributed by atoms with Crippen molar-refractivity contribution in [2.24, 2.45) is 0 Å². The molecule has 9 nitrogen and oxygen atoms in total. The van der Waals surface area contributed by atoms with E-state index in [-0.39, 0.29) is 18.7 Å². The molecule has 0 bridgehead atoms. The van der Waals surface area contributed by atoms with Crippen LogP contribution in [-0.4, -0.2) is 40.1 Å². The van der Waals surface area contributed by atoms with E-state index < -0.39 is 46.9 Å². The van der Waals surface area contributed by atoms with Crippen LogP contribution in [0.25, 0.3) is 11.1 Å². The van der Waals surface area contributed by atoms with Gasteiger partial charge in [0.15, 0.2) is 5.54 Å². The van der Waals surface area contributed by atoms with Gasteiger partial charge in [0.2, 0.25) is 5.91 Å². The number of benzene rings is 5. The lowest BCUT2D eigenvalue weighted by Crippen LogP contribution is -2.55. The Labute approximate surface area is 322 Å². The van der Waals surface area contributed by atoms with Crippen molar-refractivity contribution < 1.29 is 46.9 Å². The summed E-state index contributed by atoms with van der Waals surface area (Å²) >= 11 is 0. The molecule has 5 aromatic rings. The molecule has 0 saturated heterocycles. The molecule has 1 heterocycles. The van der Waals surface area contributed by atoms with Crippen LogP contribution in [0.5, 0.6) is 17.2 Å². The number of hydrogen-bond donors (Lipinski definition) is 2. The summed E-state index contributed by atoms with van der Waals surface area (Å²) in [6.07, 6.45) is -4.88. The van der Waals surface area contributed by atoms with Gasteiger partial charge in [-0.3, -0.25) is 9.69 Å². The Bertz CT molecular complexity index is 2200. The van der Waals surface area contributed by atoms with Gasteiger partial charge < -0.3 is 24.6 Å². The number of carboxylic acids is 1. The van der Waals surface area contributed by atoms with Crippen LogP contribution >= 0.6 is 0 Å². The van der Waals surface area contributed by atoms with Crippen LogP contribution in [0.15, 0.2) is 121 Å². The van der Waals surface area contributed by atoms with Crippen LogP contribution in [0.3, 0.4) is 0 Å². The number of fused-ring (bicyclic) bond motifs is 1. The highest BCUT2D eigenvalue weighted by Gasteiger charge is 2.44. The van der Waals surface area contributed by atoms with Crippen LogP contribution in [0.4, 0.5) is 18.0 Å². The predicted molar refractivity (Wildman–Crippen MR) is 203 cm³/mol. The van der Waals surface area contributed by atoms with Gasteiger partial charge in [0.25, 0.3) is 0 Å². The lowest BCUT2D eigenvalue weighted by molar-refractivity contribution is -0.148. The fourth-order valence-electron chi connectivity index (χ4n) is 6.40. The molecule has 0 radical (unpaired) electrons. The third-order valence-corrected chi connectivity index (χ3v) is 9.34. The summed E-state index contributed by atoms with van der Waals surface area (Å²) in [5, 5.41) is 13.3. The number of nitrogens with one attached hydrogen (secondary N) is 1. The SMILES string of the molecule is CC(C)(C)OC(=O)N1CCc2ccc(OCc3ccc(C(F)(F)F)cc3)cc2C1C(=O)NC(C)(C(=O)O)c1ccc(-c2ccccc2Oc2ccccc2)cc1. The zero-order chi connectivity index (χ0) is 40.3. The molecule has 0 fully saturated rings. The van der Waals surface area contributed by atoms with E-state index in [1.165, 1.54) is 24.0 Å². The predicted octanol–water partition coefficient (Wildman–Crippen LogP) is 9.69. The number of carboxylic acid groups (broad SMARTS) is 1. The lowest BCUT2D eigenvalue weighted by atomic mass is 9.88. The fraction of sp³-hybridized carbons (Fsp3) is 0.250. The molecule has 2 N–H and O–H groups in total. The Morgan fingerprint density at radius 1 is 0.786 bits per heavy atom. The Hall–Kier alpha value is -6.30. The Kier molecular flexibility index (Phi) is 11.1. The first-order valence-electron chi connectivity index (χ1n) is 17.9. The van der Waals surface area contributed by atoms with Gasteiger partial charge in [-0.05, 0) is 104 Å². The number of halogens is 3. The summed E-state index contributed by atoms with van der Waals surface area (Å²) in [4.78, 5) is 42.4. The van der Waals surface area contributed by atoms with Crippen LogP contribution in [0.2, 0.25) is 0 Å². The van der Waals surface area contributed by atoms with Crippen molar-refractivity contribution in [3.63, 3.8) is 0 Å². The van der Waals surface area contributed by atoms with Crippen LogP contribution < -0.4 is 14.8 Å². The second-order valence-electron chi connectivity index (χ2n) is 14.6. The standard InChI is InChI=1S/C44H41F3N2O7/c1-42(2,3)56-41(53)49-25-24-30-18-23-34(54-27-28-14-19-32(20-15-28)44(45,46)47)26-36(30)38(49)39(50)48-43(4,40(51)52)31-21-16-29(17-22-31)35-12-8-9-13-37(35)55-33-10-6-5-7-11-33/h5-23,26,38H,24-25,27H2,1-4H3,(H,48,50)(H,51,52). The lowest BCUT2D eigenvalue weighted by Gasteiger charge is -2.39. The molecule has 0 saturated carbocycles. The number of amides is 2. The van der Waals surface area contributed by atoms with E-state index in [1.807, 2.05) is 54.6 Å². The van der Waals surface area contributed by atoms with E-state index in [1.54, 1.807) is 63.2 Å². The summed E-state index contributed by atoms with van der Waals surface area (Å²) in [6.45, 7) is 6.50. The molecule has 5 aromatic carbocycles. The number of carbonyl (C=O) groups excluding carboxylic acids is 2. The van der Waals surface area contributed by atoms with E-state index in [9.17, 15) is 32.7 Å². The average molecular weight is 767 g/mol. The van der Waals surface area contributed by atoms with Crippen molar-refractivity contribution in [2.75, 3.05) is 6.54 Å². The highest BCUT2D eigenvalue weighted by Crippen LogP contribution is 2.37. The van der Waals surface area contributed by atoms with Gasteiger partial charge in [-0.15, -0.1) is 0 Å². The molecule has 1 aliphatic heterocycles. The maximum atomic E-state index is 14.5. The fourth-order valence-corrected chi connectivity index (χ4v) is 6.40. The van der Waals surface area contributed by atoms with E-state index >= 15 is 0 Å². The number of nitrogens with zero attached hydrogens (tertiary/aromatic N) is 1. The second-order valence-corrected chi connectivity index (χ2v) is 14.6. The molecule has 56 heavy (non-hydrogen) atoms. The minimum atomic E-state index is -4.47.